The van der Waals surface area contributed by atoms with Crippen LogP contribution in [-0.2, 0) is 12.0 Å². The Labute approximate surface area is 118 Å². The Morgan fingerprint density at radius 3 is 2.68 bits per heavy atom. The number of carbonyl (C=O) groups excluding carboxylic acids is 1. The first-order valence-corrected chi connectivity index (χ1v) is 7.35. The van der Waals surface area contributed by atoms with Crippen molar-refractivity contribution in [2.45, 2.75) is 39.7 Å². The summed E-state index contributed by atoms with van der Waals surface area (Å²) < 4.78 is 0. The predicted molar refractivity (Wildman–Crippen MR) is 77.4 cm³/mol. The van der Waals surface area contributed by atoms with Crippen LogP contribution in [0.4, 0.5) is 4.79 Å². The molecule has 2 N–H and O–H groups in total. The number of hydrogen-bond acceptors (Lipinski definition) is 4. The Morgan fingerprint density at radius 1 is 1.53 bits per heavy atom. The summed E-state index contributed by atoms with van der Waals surface area (Å²) in [7, 11) is 0. The first-order chi connectivity index (χ1) is 8.88. The van der Waals surface area contributed by atoms with Gasteiger partial charge in [0.2, 0.25) is 0 Å². The van der Waals surface area contributed by atoms with Crippen LogP contribution in [0.2, 0.25) is 0 Å². The van der Waals surface area contributed by atoms with Crippen LogP contribution in [0.5, 0.6) is 0 Å². The van der Waals surface area contributed by atoms with Gasteiger partial charge in [0.1, 0.15) is 0 Å². The second kappa shape index (κ2) is 6.86. The smallest absolute Gasteiger partial charge is 0.317 e. The molecule has 1 aromatic heterocycles. The number of aliphatic hydroxyl groups is 1. The van der Waals surface area contributed by atoms with Crippen molar-refractivity contribution in [3.05, 3.63) is 16.1 Å². The lowest BCUT2D eigenvalue weighted by Gasteiger charge is -2.19. The molecule has 0 aromatic carbocycles. The zero-order valence-electron chi connectivity index (χ0n) is 12.1. The van der Waals surface area contributed by atoms with Crippen molar-refractivity contribution < 1.29 is 9.90 Å². The zero-order valence-corrected chi connectivity index (χ0v) is 12.9. The lowest BCUT2D eigenvalue weighted by atomic mass is 9.98. The molecule has 0 atom stereocenters. The van der Waals surface area contributed by atoms with E-state index in [-0.39, 0.29) is 18.1 Å². The number of hydrogen-bond donors (Lipinski definition) is 2. The minimum Gasteiger partial charge on any atom is -0.395 e. The van der Waals surface area contributed by atoms with E-state index in [0.29, 0.717) is 19.6 Å². The number of urea groups is 1. The number of amides is 2. The minimum absolute atomic E-state index is 0.0217. The number of nitrogens with zero attached hydrogens (tertiary/aromatic N) is 2. The summed E-state index contributed by atoms with van der Waals surface area (Å²) in [4.78, 5) is 17.9. The van der Waals surface area contributed by atoms with Gasteiger partial charge < -0.3 is 15.3 Å². The Hall–Kier alpha value is -1.14. The van der Waals surface area contributed by atoms with Gasteiger partial charge in [-0.05, 0) is 6.92 Å². The molecule has 0 saturated carbocycles. The van der Waals surface area contributed by atoms with Gasteiger partial charge in [-0.3, -0.25) is 0 Å². The maximum absolute atomic E-state index is 11.8. The SMILES string of the molecule is CCN(CCO)C(=O)NCc1csc(C(C)(C)C)n1. The molecule has 1 aromatic rings. The van der Waals surface area contributed by atoms with Crippen LogP contribution in [0.3, 0.4) is 0 Å². The van der Waals surface area contributed by atoms with Crippen molar-refractivity contribution >= 4 is 17.4 Å². The summed E-state index contributed by atoms with van der Waals surface area (Å²) in [6.07, 6.45) is 0. The Kier molecular flexibility index (Phi) is 5.75. The van der Waals surface area contributed by atoms with Gasteiger partial charge in [-0.15, -0.1) is 11.3 Å². The highest BCUT2D eigenvalue weighted by molar-refractivity contribution is 7.09. The van der Waals surface area contributed by atoms with E-state index in [9.17, 15) is 4.79 Å². The summed E-state index contributed by atoms with van der Waals surface area (Å²) in [5, 5.41) is 14.7. The highest BCUT2D eigenvalue weighted by Gasteiger charge is 2.18. The number of carbonyl (C=O) groups is 1. The Bertz CT molecular complexity index is 412. The molecule has 0 aliphatic heterocycles. The van der Waals surface area contributed by atoms with E-state index in [2.05, 4.69) is 31.1 Å². The fourth-order valence-electron chi connectivity index (χ4n) is 1.53. The quantitative estimate of drug-likeness (QED) is 0.869. The molecule has 0 fully saturated rings. The molecule has 0 saturated heterocycles. The van der Waals surface area contributed by atoms with Crippen LogP contribution in [0.15, 0.2) is 5.38 Å². The van der Waals surface area contributed by atoms with Gasteiger partial charge in [-0.25, -0.2) is 9.78 Å². The topological polar surface area (TPSA) is 65.5 Å². The highest BCUT2D eigenvalue weighted by Crippen LogP contribution is 2.25. The number of rotatable bonds is 5. The van der Waals surface area contributed by atoms with Crippen LogP contribution >= 0.6 is 11.3 Å². The van der Waals surface area contributed by atoms with Crippen LogP contribution in [0.25, 0.3) is 0 Å². The van der Waals surface area contributed by atoms with E-state index in [1.54, 1.807) is 16.2 Å². The molecule has 0 bridgehead atoms. The molecule has 1 rings (SSSR count). The van der Waals surface area contributed by atoms with Gasteiger partial charge in [-0.2, -0.15) is 0 Å². The largest absolute Gasteiger partial charge is 0.395 e. The number of thiazole rings is 1. The van der Waals surface area contributed by atoms with E-state index < -0.39 is 0 Å². The maximum Gasteiger partial charge on any atom is 0.317 e. The summed E-state index contributed by atoms with van der Waals surface area (Å²) in [5.74, 6) is 0. The second-order valence-electron chi connectivity index (χ2n) is 5.36. The molecule has 2 amide bonds. The molecule has 0 aliphatic carbocycles. The molecule has 0 unspecified atom stereocenters. The fraction of sp³-hybridized carbons (Fsp3) is 0.692. The number of likely N-dealkylation sites (N-methyl/N-ethyl adjacent to an activating group) is 1. The van der Waals surface area contributed by atoms with E-state index in [1.807, 2.05) is 12.3 Å². The molecular formula is C13H23N3O2S. The van der Waals surface area contributed by atoms with Gasteiger partial charge in [0.15, 0.2) is 0 Å². The van der Waals surface area contributed by atoms with E-state index in [0.717, 1.165) is 10.7 Å². The number of nitrogens with one attached hydrogen (secondary N) is 1. The first-order valence-electron chi connectivity index (χ1n) is 6.47. The molecule has 5 nitrogen and oxygen atoms in total. The zero-order chi connectivity index (χ0) is 14.5. The number of aliphatic hydroxyl groups excluding tert-OH is 1. The number of aromatic nitrogens is 1. The molecule has 0 aliphatic rings. The Morgan fingerprint density at radius 2 is 2.21 bits per heavy atom. The van der Waals surface area contributed by atoms with Gasteiger partial charge in [-0.1, -0.05) is 20.8 Å². The van der Waals surface area contributed by atoms with Crippen molar-refractivity contribution in [3.8, 4) is 0 Å². The maximum atomic E-state index is 11.8. The fourth-order valence-corrected chi connectivity index (χ4v) is 2.44. The highest BCUT2D eigenvalue weighted by atomic mass is 32.1. The third-order valence-corrected chi connectivity index (χ3v) is 3.97. The van der Waals surface area contributed by atoms with E-state index in [1.165, 1.54) is 0 Å². The van der Waals surface area contributed by atoms with Crippen molar-refractivity contribution in [1.29, 1.82) is 0 Å². The molecular weight excluding hydrogens is 262 g/mol. The monoisotopic (exact) mass is 285 g/mol. The van der Waals surface area contributed by atoms with E-state index in [4.69, 9.17) is 5.11 Å². The standard InChI is InChI=1S/C13H23N3O2S/c1-5-16(6-7-17)12(18)14-8-10-9-19-11(15-10)13(2,3)4/h9,17H,5-8H2,1-4H3,(H,14,18). The van der Waals surface area contributed by atoms with Crippen LogP contribution < -0.4 is 5.32 Å². The molecule has 0 spiro atoms. The lowest BCUT2D eigenvalue weighted by Crippen LogP contribution is -2.41. The second-order valence-corrected chi connectivity index (χ2v) is 6.21. The molecule has 19 heavy (non-hydrogen) atoms. The van der Waals surface area contributed by atoms with Crippen molar-refractivity contribution in [2.24, 2.45) is 0 Å². The molecule has 6 heteroatoms. The van der Waals surface area contributed by atoms with Gasteiger partial charge in [0.05, 0.1) is 23.9 Å². The predicted octanol–water partition coefficient (Wildman–Crippen LogP) is 1.96. The van der Waals surface area contributed by atoms with Gasteiger partial charge in [0, 0.05) is 23.9 Å². The minimum atomic E-state index is -0.165. The van der Waals surface area contributed by atoms with Gasteiger partial charge in [0.25, 0.3) is 0 Å². The summed E-state index contributed by atoms with van der Waals surface area (Å²) in [6.45, 7) is 9.58. The normalized spacial score (nSPS) is 11.4. The Balaban J connectivity index is 2.52. The van der Waals surface area contributed by atoms with Crippen LogP contribution in [0, 0.1) is 0 Å². The summed E-state index contributed by atoms with van der Waals surface area (Å²) >= 11 is 1.62. The summed E-state index contributed by atoms with van der Waals surface area (Å²) in [6, 6.07) is -0.165. The van der Waals surface area contributed by atoms with E-state index >= 15 is 0 Å². The third-order valence-electron chi connectivity index (χ3n) is 2.65. The molecule has 1 heterocycles. The van der Waals surface area contributed by atoms with Crippen LogP contribution in [-0.4, -0.2) is 40.7 Å². The van der Waals surface area contributed by atoms with Gasteiger partial charge >= 0.3 is 6.03 Å². The summed E-state index contributed by atoms with van der Waals surface area (Å²) in [5.41, 5.74) is 0.919. The molecule has 108 valence electrons. The van der Waals surface area contributed by atoms with Crippen molar-refractivity contribution in [3.63, 3.8) is 0 Å². The average Bonchev–Trinajstić information content (AvgIpc) is 2.81. The molecule has 0 radical (unpaired) electrons. The first kappa shape index (κ1) is 15.9. The lowest BCUT2D eigenvalue weighted by molar-refractivity contribution is 0.180. The average molecular weight is 285 g/mol. The van der Waals surface area contributed by atoms with Crippen molar-refractivity contribution in [1.82, 2.24) is 15.2 Å². The third kappa shape index (κ3) is 4.80. The van der Waals surface area contributed by atoms with Crippen molar-refractivity contribution in [2.75, 3.05) is 19.7 Å². The van der Waals surface area contributed by atoms with Crippen LogP contribution in [0.1, 0.15) is 38.4 Å².